The normalized spacial score (nSPS) is 17.2. The fraction of sp³-hybridized carbons (Fsp3) is 0.379. The topological polar surface area (TPSA) is 77.0 Å². The van der Waals surface area contributed by atoms with E-state index in [0.717, 1.165) is 52.1 Å². The minimum absolute atomic E-state index is 0.223. The zero-order chi connectivity index (χ0) is 25.1. The Balaban J connectivity index is 1.54. The Morgan fingerprint density at radius 3 is 2.26 bits per heavy atom. The summed E-state index contributed by atoms with van der Waals surface area (Å²) in [7, 11) is 3.58. The maximum atomic E-state index is 13.3. The summed E-state index contributed by atoms with van der Waals surface area (Å²) < 4.78 is 0. The molecule has 1 saturated heterocycles. The minimum atomic E-state index is -0.238. The molecule has 1 aliphatic heterocycles. The number of hydrogen-bond acceptors (Lipinski definition) is 5. The summed E-state index contributed by atoms with van der Waals surface area (Å²) in [4.78, 5) is 19.8. The molecule has 2 aromatic carbocycles. The molecule has 0 spiro atoms. The number of nitrogens with zero attached hydrogens (tertiary/aromatic N) is 2. The highest BCUT2D eigenvalue weighted by Crippen LogP contribution is 2.40. The number of carbonyl (C=O) groups is 1. The molecule has 1 heterocycles. The van der Waals surface area contributed by atoms with E-state index >= 15 is 0 Å². The predicted octanol–water partition coefficient (Wildman–Crippen LogP) is 4.59. The molecule has 6 heteroatoms. The zero-order valence-electron chi connectivity index (χ0n) is 21.2. The largest absolute Gasteiger partial charge is 0.390 e. The average Bonchev–Trinajstić information content (AvgIpc) is 3.65. The zero-order valence-corrected chi connectivity index (χ0v) is 21.2. The van der Waals surface area contributed by atoms with Crippen molar-refractivity contribution in [3.63, 3.8) is 0 Å². The van der Waals surface area contributed by atoms with Crippen molar-refractivity contribution >= 4 is 23.0 Å². The van der Waals surface area contributed by atoms with Crippen molar-refractivity contribution in [2.45, 2.75) is 32.8 Å². The van der Waals surface area contributed by atoms with Crippen LogP contribution in [0.2, 0.25) is 0 Å². The lowest BCUT2D eigenvalue weighted by atomic mass is 9.94. The van der Waals surface area contributed by atoms with E-state index in [1.54, 1.807) is 7.05 Å². The number of aliphatic hydroxyl groups excluding tert-OH is 1. The molecule has 1 amide bonds. The Kier molecular flexibility index (Phi) is 7.53. The van der Waals surface area contributed by atoms with E-state index in [-0.39, 0.29) is 12.0 Å². The van der Waals surface area contributed by atoms with Gasteiger partial charge < -0.3 is 15.7 Å². The second kappa shape index (κ2) is 10.6. The highest BCUT2D eigenvalue weighted by molar-refractivity contribution is 6.47. The van der Waals surface area contributed by atoms with Gasteiger partial charge in [-0.1, -0.05) is 30.8 Å². The molecule has 0 aromatic heterocycles. The van der Waals surface area contributed by atoms with Gasteiger partial charge in [-0.05, 0) is 84.2 Å². The maximum absolute atomic E-state index is 13.3. The Hall–Kier alpha value is -3.22. The Bertz CT molecular complexity index is 1190. The number of β-amino-alcohol motifs (C(OH)–C–C–N with tert-alkyl or cyclic N) is 1. The van der Waals surface area contributed by atoms with Gasteiger partial charge in [-0.25, -0.2) is 0 Å². The first kappa shape index (κ1) is 24.9. The molecule has 0 bridgehead atoms. The number of benzene rings is 2. The predicted molar refractivity (Wildman–Crippen MR) is 145 cm³/mol. The number of aliphatic hydroxyl groups is 1. The number of carbonyl (C=O) groups excluding carboxylic acids is 1. The number of likely N-dealkylation sites (tertiary alicyclic amines) is 1. The van der Waals surface area contributed by atoms with Crippen LogP contribution in [-0.2, 0) is 4.79 Å². The molecule has 3 N–H and O–H groups in total. The Morgan fingerprint density at radius 1 is 1.11 bits per heavy atom. The summed E-state index contributed by atoms with van der Waals surface area (Å²) in [5.74, 6) is 0.213. The molecule has 0 atom stereocenters. The molecule has 2 aliphatic rings. The molecule has 0 radical (unpaired) electrons. The SMILES string of the molecule is C=C(CN1CC(O)C1)/C(=C\C(=NC)C(=O)Nc1cccc(-c2cccc(NC)c2C)c1C)C1CC1. The summed E-state index contributed by atoms with van der Waals surface area (Å²) >= 11 is 0. The lowest BCUT2D eigenvalue weighted by Crippen LogP contribution is -2.51. The van der Waals surface area contributed by atoms with Crippen LogP contribution in [0.4, 0.5) is 11.4 Å². The van der Waals surface area contributed by atoms with Crippen LogP contribution in [0.5, 0.6) is 0 Å². The number of amides is 1. The van der Waals surface area contributed by atoms with Gasteiger partial charge in [0.2, 0.25) is 0 Å². The summed E-state index contributed by atoms with van der Waals surface area (Å²) in [6, 6.07) is 12.2. The van der Waals surface area contributed by atoms with Gasteiger partial charge in [-0.2, -0.15) is 0 Å². The second-order valence-electron chi connectivity index (χ2n) is 9.59. The van der Waals surface area contributed by atoms with E-state index in [4.69, 9.17) is 0 Å². The number of rotatable bonds is 9. The molecular formula is C29H36N4O2. The first-order valence-electron chi connectivity index (χ1n) is 12.3. The number of anilines is 2. The van der Waals surface area contributed by atoms with Gasteiger partial charge in [0, 0.05) is 45.1 Å². The van der Waals surface area contributed by atoms with E-state index in [0.29, 0.717) is 31.3 Å². The first-order valence-corrected chi connectivity index (χ1v) is 12.3. The van der Waals surface area contributed by atoms with Crippen molar-refractivity contribution in [1.82, 2.24) is 4.90 Å². The highest BCUT2D eigenvalue weighted by atomic mass is 16.3. The average molecular weight is 473 g/mol. The lowest BCUT2D eigenvalue weighted by Gasteiger charge is -2.36. The number of aliphatic imine (C=N–C) groups is 1. The van der Waals surface area contributed by atoms with Crippen LogP contribution in [0.3, 0.4) is 0 Å². The molecule has 4 rings (SSSR count). The van der Waals surface area contributed by atoms with Gasteiger partial charge in [0.05, 0.1) is 6.10 Å². The molecule has 2 aromatic rings. The fourth-order valence-electron chi connectivity index (χ4n) is 4.76. The van der Waals surface area contributed by atoms with Crippen molar-refractivity contribution in [2.75, 3.05) is 44.4 Å². The summed E-state index contributed by atoms with van der Waals surface area (Å²) in [5.41, 5.74) is 8.78. The monoisotopic (exact) mass is 472 g/mol. The van der Waals surface area contributed by atoms with Crippen molar-refractivity contribution in [3.8, 4) is 11.1 Å². The quantitative estimate of drug-likeness (QED) is 0.369. The molecule has 1 saturated carbocycles. The highest BCUT2D eigenvalue weighted by Gasteiger charge is 2.31. The van der Waals surface area contributed by atoms with Crippen LogP contribution >= 0.6 is 0 Å². The molecule has 6 nitrogen and oxygen atoms in total. The number of hydrogen-bond donors (Lipinski definition) is 3. The van der Waals surface area contributed by atoms with Crippen LogP contribution in [0, 0.1) is 19.8 Å². The maximum Gasteiger partial charge on any atom is 0.273 e. The Labute approximate surface area is 208 Å². The Morgan fingerprint density at radius 2 is 1.71 bits per heavy atom. The summed E-state index contributed by atoms with van der Waals surface area (Å²) in [6.07, 6.45) is 3.89. The third kappa shape index (κ3) is 5.55. The van der Waals surface area contributed by atoms with E-state index in [1.165, 1.54) is 5.56 Å². The van der Waals surface area contributed by atoms with Gasteiger partial charge in [-0.3, -0.25) is 14.7 Å². The van der Waals surface area contributed by atoms with Gasteiger partial charge in [0.25, 0.3) is 5.91 Å². The number of nitrogens with one attached hydrogen (secondary N) is 2. The third-order valence-electron chi connectivity index (χ3n) is 7.02. The molecule has 0 unspecified atom stereocenters. The van der Waals surface area contributed by atoms with Crippen LogP contribution in [0.15, 0.2) is 65.2 Å². The summed E-state index contributed by atoms with van der Waals surface area (Å²) in [6.45, 7) is 10.5. The van der Waals surface area contributed by atoms with Crippen molar-refractivity contribution < 1.29 is 9.90 Å². The molecule has 1 aliphatic carbocycles. The van der Waals surface area contributed by atoms with Crippen LogP contribution in [0.25, 0.3) is 11.1 Å². The van der Waals surface area contributed by atoms with Crippen molar-refractivity contribution in [3.05, 3.63) is 71.3 Å². The van der Waals surface area contributed by atoms with Gasteiger partial charge in [0.15, 0.2) is 0 Å². The van der Waals surface area contributed by atoms with E-state index in [1.807, 2.05) is 38.2 Å². The lowest BCUT2D eigenvalue weighted by molar-refractivity contribution is -0.110. The van der Waals surface area contributed by atoms with Crippen molar-refractivity contribution in [2.24, 2.45) is 10.9 Å². The van der Waals surface area contributed by atoms with E-state index in [9.17, 15) is 9.90 Å². The minimum Gasteiger partial charge on any atom is -0.390 e. The molecule has 184 valence electrons. The van der Waals surface area contributed by atoms with Crippen LogP contribution in [0.1, 0.15) is 24.0 Å². The van der Waals surface area contributed by atoms with Crippen molar-refractivity contribution in [1.29, 1.82) is 0 Å². The molecule has 2 fully saturated rings. The smallest absolute Gasteiger partial charge is 0.273 e. The fourth-order valence-corrected chi connectivity index (χ4v) is 4.76. The molecule has 35 heavy (non-hydrogen) atoms. The van der Waals surface area contributed by atoms with E-state index in [2.05, 4.69) is 52.2 Å². The van der Waals surface area contributed by atoms with Gasteiger partial charge in [-0.15, -0.1) is 0 Å². The van der Waals surface area contributed by atoms with Gasteiger partial charge >= 0.3 is 0 Å². The van der Waals surface area contributed by atoms with Gasteiger partial charge in [0.1, 0.15) is 5.71 Å². The third-order valence-corrected chi connectivity index (χ3v) is 7.02. The van der Waals surface area contributed by atoms with Crippen LogP contribution in [-0.4, -0.2) is 61.5 Å². The van der Waals surface area contributed by atoms with Crippen LogP contribution < -0.4 is 10.6 Å². The van der Waals surface area contributed by atoms with E-state index < -0.39 is 0 Å². The summed E-state index contributed by atoms with van der Waals surface area (Å²) in [5, 5.41) is 15.9. The standard InChI is InChI=1S/C29H36N4O2/c1-18(15-33-16-22(34)17-33)25(21-12-13-21)14-28(31-5)29(35)32-27-11-7-9-24(20(27)3)23-8-6-10-26(30-4)19(23)2/h6-11,14,21-22,30,34H,1,12-13,15-17H2,2-5H3,(H,32,35)/b25-14+,31-28?. The second-order valence-corrected chi connectivity index (χ2v) is 9.59. The molecular weight excluding hydrogens is 436 g/mol. The first-order chi connectivity index (χ1) is 16.8.